The Hall–Kier alpha value is -3.19. The molecule has 0 saturated carbocycles. The number of imide groups is 1. The maximum atomic E-state index is 12.9. The number of thioether (sulfide) groups is 1. The van der Waals surface area contributed by atoms with Crippen LogP contribution in [0.1, 0.15) is 18.9 Å². The van der Waals surface area contributed by atoms with Gasteiger partial charge in [-0.25, -0.2) is 0 Å². The summed E-state index contributed by atoms with van der Waals surface area (Å²) in [4.78, 5) is 27.0. The average Bonchev–Trinajstić information content (AvgIpc) is 3.26. The van der Waals surface area contributed by atoms with Crippen LogP contribution in [0.25, 0.3) is 17.0 Å². The molecule has 0 N–H and O–H groups in total. The number of nitrogens with zero attached hydrogens (tertiary/aromatic N) is 2. The van der Waals surface area contributed by atoms with Gasteiger partial charge in [0.15, 0.2) is 11.5 Å². The van der Waals surface area contributed by atoms with Crippen LogP contribution in [0.3, 0.4) is 0 Å². The summed E-state index contributed by atoms with van der Waals surface area (Å²) in [5, 5.41) is 0.791. The molecule has 2 aromatic carbocycles. The number of para-hydroxylation sites is 3. The Kier molecular flexibility index (Phi) is 6.32. The standard InChI is InChI=1S/C24H24N2O4S/c1-3-12-25-16-17(18-8-4-5-9-19(18)25)15-22-23(27)26(24(28)31-22)13-14-30-21-11-7-6-10-20(21)29-2/h4-11,15-16H,3,12-14H2,1-2H3/b22-15-. The number of rotatable bonds is 8. The minimum Gasteiger partial charge on any atom is -0.493 e. The van der Waals surface area contributed by atoms with E-state index in [2.05, 4.69) is 17.6 Å². The Balaban J connectivity index is 1.49. The summed E-state index contributed by atoms with van der Waals surface area (Å²) < 4.78 is 13.2. The Morgan fingerprint density at radius 2 is 1.74 bits per heavy atom. The zero-order valence-corrected chi connectivity index (χ0v) is 18.4. The van der Waals surface area contributed by atoms with Crippen molar-refractivity contribution < 1.29 is 19.1 Å². The molecule has 1 aliphatic rings. The van der Waals surface area contributed by atoms with E-state index in [4.69, 9.17) is 9.47 Å². The third kappa shape index (κ3) is 4.32. The fourth-order valence-corrected chi connectivity index (χ4v) is 4.49. The van der Waals surface area contributed by atoms with Crippen LogP contribution in [0, 0.1) is 0 Å². The second kappa shape index (κ2) is 9.31. The normalized spacial score (nSPS) is 15.3. The second-order valence-electron chi connectivity index (χ2n) is 7.13. The molecular formula is C24H24N2O4S. The predicted molar refractivity (Wildman–Crippen MR) is 123 cm³/mol. The van der Waals surface area contributed by atoms with E-state index in [1.807, 2.05) is 42.6 Å². The van der Waals surface area contributed by atoms with E-state index in [1.54, 1.807) is 19.2 Å². The molecule has 1 saturated heterocycles. The molecule has 2 amide bonds. The van der Waals surface area contributed by atoms with Gasteiger partial charge in [-0.1, -0.05) is 37.3 Å². The van der Waals surface area contributed by atoms with Crippen LogP contribution in [-0.2, 0) is 11.3 Å². The Labute approximate surface area is 185 Å². The van der Waals surface area contributed by atoms with Crippen LogP contribution in [0.4, 0.5) is 4.79 Å². The van der Waals surface area contributed by atoms with Gasteiger partial charge in [0.25, 0.3) is 11.1 Å². The van der Waals surface area contributed by atoms with Gasteiger partial charge >= 0.3 is 0 Å². The lowest BCUT2D eigenvalue weighted by Crippen LogP contribution is -2.32. The lowest BCUT2D eigenvalue weighted by atomic mass is 10.1. The number of ether oxygens (including phenoxy) is 2. The highest BCUT2D eigenvalue weighted by Gasteiger charge is 2.35. The molecule has 0 atom stereocenters. The molecule has 3 aromatic rings. The van der Waals surface area contributed by atoms with Gasteiger partial charge in [0.05, 0.1) is 18.6 Å². The molecule has 31 heavy (non-hydrogen) atoms. The SMILES string of the molecule is CCCn1cc(/C=C2\SC(=O)N(CCOc3ccccc3OC)C2=O)c2ccccc21. The molecule has 0 unspecified atom stereocenters. The quantitative estimate of drug-likeness (QED) is 0.456. The molecular weight excluding hydrogens is 412 g/mol. The third-order valence-electron chi connectivity index (χ3n) is 5.09. The van der Waals surface area contributed by atoms with Crippen LogP contribution >= 0.6 is 11.8 Å². The topological polar surface area (TPSA) is 60.8 Å². The third-order valence-corrected chi connectivity index (χ3v) is 5.99. The molecule has 0 bridgehead atoms. The molecule has 0 spiro atoms. The van der Waals surface area contributed by atoms with E-state index >= 15 is 0 Å². The molecule has 4 rings (SSSR count). The Morgan fingerprint density at radius 1 is 1.00 bits per heavy atom. The van der Waals surface area contributed by atoms with Crippen molar-refractivity contribution in [3.8, 4) is 11.5 Å². The van der Waals surface area contributed by atoms with Crippen molar-refractivity contribution in [3.63, 3.8) is 0 Å². The van der Waals surface area contributed by atoms with Crippen molar-refractivity contribution >= 4 is 39.9 Å². The molecule has 6 nitrogen and oxygen atoms in total. The van der Waals surface area contributed by atoms with Gasteiger partial charge in [-0.15, -0.1) is 0 Å². The van der Waals surface area contributed by atoms with Crippen molar-refractivity contribution in [2.45, 2.75) is 19.9 Å². The molecule has 7 heteroatoms. The number of fused-ring (bicyclic) bond motifs is 1. The van der Waals surface area contributed by atoms with Gasteiger partial charge in [-0.2, -0.15) is 0 Å². The van der Waals surface area contributed by atoms with Crippen LogP contribution in [0.5, 0.6) is 11.5 Å². The van der Waals surface area contributed by atoms with Crippen molar-refractivity contribution in [1.82, 2.24) is 9.47 Å². The van der Waals surface area contributed by atoms with Crippen molar-refractivity contribution in [3.05, 3.63) is 65.2 Å². The summed E-state index contributed by atoms with van der Waals surface area (Å²) in [6.07, 6.45) is 4.88. The van der Waals surface area contributed by atoms with E-state index in [0.717, 1.165) is 41.2 Å². The maximum absolute atomic E-state index is 12.9. The van der Waals surface area contributed by atoms with Crippen LogP contribution in [0.2, 0.25) is 0 Å². The van der Waals surface area contributed by atoms with Crippen molar-refractivity contribution in [2.24, 2.45) is 0 Å². The Morgan fingerprint density at radius 3 is 2.52 bits per heavy atom. The fraction of sp³-hybridized carbons (Fsp3) is 0.250. The number of hydrogen-bond donors (Lipinski definition) is 0. The summed E-state index contributed by atoms with van der Waals surface area (Å²) >= 11 is 0.971. The minimum absolute atomic E-state index is 0.178. The summed E-state index contributed by atoms with van der Waals surface area (Å²) in [6, 6.07) is 15.4. The molecule has 1 fully saturated rings. The van der Waals surface area contributed by atoms with Gasteiger partial charge < -0.3 is 14.0 Å². The lowest BCUT2D eigenvalue weighted by molar-refractivity contribution is -0.123. The van der Waals surface area contributed by atoms with Gasteiger partial charge in [-0.05, 0) is 42.5 Å². The first-order valence-electron chi connectivity index (χ1n) is 10.2. The van der Waals surface area contributed by atoms with E-state index in [9.17, 15) is 9.59 Å². The number of methoxy groups -OCH3 is 1. The molecule has 2 heterocycles. The van der Waals surface area contributed by atoms with Gasteiger partial charge in [0, 0.05) is 29.2 Å². The number of aromatic nitrogens is 1. The first-order chi connectivity index (χ1) is 15.1. The number of carbonyl (C=O) groups is 2. The molecule has 1 aromatic heterocycles. The summed E-state index contributed by atoms with van der Waals surface area (Å²) in [6.45, 7) is 3.40. The molecule has 160 valence electrons. The second-order valence-corrected chi connectivity index (χ2v) is 8.12. The largest absolute Gasteiger partial charge is 0.493 e. The van der Waals surface area contributed by atoms with Crippen molar-refractivity contribution in [2.75, 3.05) is 20.3 Å². The number of carbonyl (C=O) groups excluding carboxylic acids is 2. The molecule has 0 radical (unpaired) electrons. The smallest absolute Gasteiger partial charge is 0.293 e. The predicted octanol–water partition coefficient (Wildman–Crippen LogP) is 5.18. The number of aryl methyl sites for hydroxylation is 1. The summed E-state index contributed by atoms with van der Waals surface area (Å²) in [5.41, 5.74) is 2.07. The van der Waals surface area contributed by atoms with Gasteiger partial charge in [-0.3, -0.25) is 14.5 Å². The maximum Gasteiger partial charge on any atom is 0.293 e. The van der Waals surface area contributed by atoms with Crippen molar-refractivity contribution in [1.29, 1.82) is 0 Å². The van der Waals surface area contributed by atoms with Crippen LogP contribution in [-0.4, -0.2) is 40.9 Å². The van der Waals surface area contributed by atoms with Gasteiger partial charge in [0.2, 0.25) is 0 Å². The van der Waals surface area contributed by atoms with Crippen LogP contribution in [0.15, 0.2) is 59.6 Å². The first-order valence-corrected chi connectivity index (χ1v) is 11.0. The Bertz CT molecular complexity index is 1150. The summed E-state index contributed by atoms with van der Waals surface area (Å²) in [5.74, 6) is 0.905. The number of amides is 2. The zero-order valence-electron chi connectivity index (χ0n) is 17.5. The lowest BCUT2D eigenvalue weighted by Gasteiger charge is -2.14. The summed E-state index contributed by atoms with van der Waals surface area (Å²) in [7, 11) is 1.57. The van der Waals surface area contributed by atoms with Crippen LogP contribution < -0.4 is 9.47 Å². The highest BCUT2D eigenvalue weighted by atomic mass is 32.2. The van der Waals surface area contributed by atoms with E-state index < -0.39 is 0 Å². The zero-order chi connectivity index (χ0) is 21.8. The average molecular weight is 437 g/mol. The minimum atomic E-state index is -0.286. The van der Waals surface area contributed by atoms with E-state index in [-0.39, 0.29) is 24.3 Å². The highest BCUT2D eigenvalue weighted by Crippen LogP contribution is 2.34. The molecule has 1 aliphatic heterocycles. The van der Waals surface area contributed by atoms with E-state index in [0.29, 0.717) is 16.4 Å². The fourth-order valence-electron chi connectivity index (χ4n) is 3.64. The molecule has 0 aliphatic carbocycles. The first kappa shape index (κ1) is 21.1. The number of benzene rings is 2. The number of hydrogen-bond acceptors (Lipinski definition) is 5. The van der Waals surface area contributed by atoms with Gasteiger partial charge in [0.1, 0.15) is 6.61 Å². The van der Waals surface area contributed by atoms with E-state index in [1.165, 1.54) is 4.90 Å². The highest BCUT2D eigenvalue weighted by molar-refractivity contribution is 8.18. The monoisotopic (exact) mass is 436 g/mol.